The third kappa shape index (κ3) is 6.28. The number of ether oxygens (including phenoxy) is 1. The Morgan fingerprint density at radius 2 is 1.80 bits per heavy atom. The van der Waals surface area contributed by atoms with Crippen molar-refractivity contribution >= 4 is 25.9 Å². The molecule has 0 N–H and O–H groups in total. The molecule has 0 radical (unpaired) electrons. The van der Waals surface area contributed by atoms with Crippen molar-refractivity contribution in [2.45, 2.75) is 58.9 Å². The van der Waals surface area contributed by atoms with Crippen molar-refractivity contribution in [1.82, 2.24) is 0 Å². The van der Waals surface area contributed by atoms with E-state index in [1.807, 2.05) is 30.3 Å². The van der Waals surface area contributed by atoms with E-state index in [9.17, 15) is 4.79 Å². The first-order valence-electron chi connectivity index (χ1n) is 8.76. The van der Waals surface area contributed by atoms with Crippen LogP contribution < -0.4 is 0 Å². The molecule has 1 rings (SSSR count). The zero-order chi connectivity index (χ0) is 19.3. The summed E-state index contributed by atoms with van der Waals surface area (Å²) in [7, 11) is -2.05. The van der Waals surface area contributed by atoms with Gasteiger partial charge in [-0.15, -0.1) is 0 Å². The lowest BCUT2D eigenvalue weighted by molar-refractivity contribution is -0.145. The van der Waals surface area contributed by atoms with Crippen LogP contribution in [0.3, 0.4) is 0 Å². The highest BCUT2D eigenvalue weighted by atomic mass is 35.5. The summed E-state index contributed by atoms with van der Waals surface area (Å²) in [4.78, 5) is 11.9. The van der Waals surface area contributed by atoms with Crippen LogP contribution in [0.2, 0.25) is 18.1 Å². The molecule has 0 aliphatic heterocycles. The average molecular weight is 383 g/mol. The smallest absolute Gasteiger partial charge is 0.312 e. The zero-order valence-electron chi connectivity index (χ0n) is 16.4. The molecule has 0 aromatic heterocycles. The van der Waals surface area contributed by atoms with Crippen LogP contribution in [-0.4, -0.2) is 20.9 Å². The largest absolute Gasteiger partial charge is 0.466 e. The van der Waals surface area contributed by atoms with Gasteiger partial charge >= 0.3 is 5.97 Å². The van der Waals surface area contributed by atoms with Gasteiger partial charge in [-0.1, -0.05) is 68.8 Å². The number of hydrogen-bond donors (Lipinski definition) is 0. The summed E-state index contributed by atoms with van der Waals surface area (Å²) in [5.74, 6) is -0.693. The lowest BCUT2D eigenvalue weighted by Crippen LogP contribution is -2.42. The van der Waals surface area contributed by atoms with Crippen LogP contribution in [0.25, 0.3) is 0 Å². The molecule has 1 aromatic carbocycles. The van der Waals surface area contributed by atoms with Gasteiger partial charge in [-0.05, 0) is 37.5 Å². The molecule has 0 unspecified atom stereocenters. The average Bonchev–Trinajstić information content (AvgIpc) is 2.52. The van der Waals surface area contributed by atoms with Crippen LogP contribution in [0.5, 0.6) is 0 Å². The monoisotopic (exact) mass is 382 g/mol. The number of halogens is 1. The SMILES string of the molecule is CCOC(=O)[C@@H](C)/C=C(\Cl)[C@H](O[Si](C)(C)C(C)(C)C)c1ccccc1. The van der Waals surface area contributed by atoms with Crippen molar-refractivity contribution < 1.29 is 14.0 Å². The van der Waals surface area contributed by atoms with Crippen molar-refractivity contribution in [1.29, 1.82) is 0 Å². The highest BCUT2D eigenvalue weighted by Crippen LogP contribution is 2.42. The second kappa shape index (κ2) is 9.02. The summed E-state index contributed by atoms with van der Waals surface area (Å²) < 4.78 is 11.6. The van der Waals surface area contributed by atoms with Gasteiger partial charge in [0.05, 0.1) is 12.5 Å². The normalized spacial score (nSPS) is 15.6. The topological polar surface area (TPSA) is 35.5 Å². The van der Waals surface area contributed by atoms with Crippen LogP contribution >= 0.6 is 11.6 Å². The molecule has 0 saturated heterocycles. The van der Waals surface area contributed by atoms with Crippen molar-refractivity contribution in [3.05, 3.63) is 47.0 Å². The van der Waals surface area contributed by atoms with Gasteiger partial charge in [-0.3, -0.25) is 4.79 Å². The predicted octanol–water partition coefficient (Wildman–Crippen LogP) is 6.07. The molecule has 140 valence electrons. The Balaban J connectivity index is 3.17. The molecule has 0 amide bonds. The maximum atomic E-state index is 11.9. The molecule has 0 heterocycles. The maximum absolute atomic E-state index is 11.9. The number of esters is 1. The van der Waals surface area contributed by atoms with Gasteiger partial charge in [0.1, 0.15) is 6.10 Å². The molecule has 1 aromatic rings. The Morgan fingerprint density at radius 1 is 1.24 bits per heavy atom. The molecule has 3 nitrogen and oxygen atoms in total. The summed E-state index contributed by atoms with van der Waals surface area (Å²) in [6.07, 6.45) is 1.37. The summed E-state index contributed by atoms with van der Waals surface area (Å²) in [5, 5.41) is 0.584. The fraction of sp³-hybridized carbons (Fsp3) is 0.550. The number of carbonyl (C=O) groups is 1. The van der Waals surface area contributed by atoms with E-state index in [0.717, 1.165) is 5.56 Å². The molecular weight excluding hydrogens is 352 g/mol. The van der Waals surface area contributed by atoms with Gasteiger partial charge in [-0.25, -0.2) is 0 Å². The Labute approximate surface area is 158 Å². The Kier molecular flexibility index (Phi) is 7.91. The second-order valence-corrected chi connectivity index (χ2v) is 13.0. The van der Waals surface area contributed by atoms with E-state index >= 15 is 0 Å². The third-order valence-electron chi connectivity index (χ3n) is 4.64. The van der Waals surface area contributed by atoms with E-state index in [4.69, 9.17) is 20.8 Å². The fourth-order valence-electron chi connectivity index (χ4n) is 2.05. The van der Waals surface area contributed by atoms with Crippen molar-refractivity contribution in [3.8, 4) is 0 Å². The Bertz CT molecular complexity index is 591. The lowest BCUT2D eigenvalue weighted by Gasteiger charge is -2.39. The minimum absolute atomic E-state index is 0.0595. The van der Waals surface area contributed by atoms with Gasteiger partial charge < -0.3 is 9.16 Å². The molecule has 0 spiro atoms. The highest BCUT2D eigenvalue weighted by molar-refractivity contribution is 6.74. The molecule has 0 fully saturated rings. The van der Waals surface area contributed by atoms with Gasteiger partial charge in [0.25, 0.3) is 0 Å². The Hall–Kier alpha value is -1.10. The van der Waals surface area contributed by atoms with Crippen LogP contribution in [0, 0.1) is 5.92 Å². The molecule has 0 aliphatic rings. The standard InChI is InChI=1S/C20H31ClO3Si/c1-8-23-19(22)15(2)14-17(21)18(16-12-10-9-11-13-16)24-25(6,7)20(3,4)5/h9-15,18H,8H2,1-7H3/b17-14-/t15-,18+/m0/s1. The van der Waals surface area contributed by atoms with Gasteiger partial charge in [-0.2, -0.15) is 0 Å². The van der Waals surface area contributed by atoms with E-state index in [0.29, 0.717) is 11.6 Å². The highest BCUT2D eigenvalue weighted by Gasteiger charge is 2.40. The van der Waals surface area contributed by atoms with E-state index < -0.39 is 14.2 Å². The fourth-order valence-corrected chi connectivity index (χ4v) is 3.69. The van der Waals surface area contributed by atoms with Crippen LogP contribution in [0.15, 0.2) is 41.4 Å². The molecule has 0 bridgehead atoms. The first-order chi connectivity index (χ1) is 11.5. The van der Waals surface area contributed by atoms with Crippen molar-refractivity contribution in [2.24, 2.45) is 5.92 Å². The van der Waals surface area contributed by atoms with Crippen molar-refractivity contribution in [2.75, 3.05) is 6.61 Å². The minimum Gasteiger partial charge on any atom is -0.466 e. The Morgan fingerprint density at radius 3 is 2.28 bits per heavy atom. The summed E-state index contributed by atoms with van der Waals surface area (Å²) in [5.41, 5.74) is 0.990. The first kappa shape index (κ1) is 21.9. The molecule has 5 heteroatoms. The minimum atomic E-state index is -2.05. The van der Waals surface area contributed by atoms with E-state index in [2.05, 4.69) is 33.9 Å². The number of rotatable bonds is 7. The van der Waals surface area contributed by atoms with E-state index in [1.54, 1.807) is 19.9 Å². The van der Waals surface area contributed by atoms with Crippen LogP contribution in [0.1, 0.15) is 46.3 Å². The summed E-state index contributed by atoms with van der Waals surface area (Å²) >= 11 is 6.63. The summed E-state index contributed by atoms with van der Waals surface area (Å²) in [6.45, 7) is 14.9. The van der Waals surface area contributed by atoms with Crippen LogP contribution in [0.4, 0.5) is 0 Å². The van der Waals surface area contributed by atoms with Crippen molar-refractivity contribution in [3.63, 3.8) is 0 Å². The number of carbonyl (C=O) groups excluding carboxylic acids is 1. The second-order valence-electron chi connectivity index (χ2n) is 7.76. The quantitative estimate of drug-likeness (QED) is 0.424. The van der Waals surface area contributed by atoms with Gasteiger partial charge in [0.15, 0.2) is 8.32 Å². The molecule has 0 aliphatic carbocycles. The third-order valence-corrected chi connectivity index (χ3v) is 9.40. The number of benzene rings is 1. The maximum Gasteiger partial charge on any atom is 0.312 e. The van der Waals surface area contributed by atoms with E-state index in [-0.39, 0.29) is 17.1 Å². The zero-order valence-corrected chi connectivity index (χ0v) is 18.2. The molecular formula is C20H31ClO3Si. The van der Waals surface area contributed by atoms with E-state index in [1.165, 1.54) is 0 Å². The number of hydrogen-bond acceptors (Lipinski definition) is 3. The van der Waals surface area contributed by atoms with Crippen LogP contribution in [-0.2, 0) is 14.0 Å². The van der Waals surface area contributed by atoms with Gasteiger partial charge in [0.2, 0.25) is 0 Å². The molecule has 25 heavy (non-hydrogen) atoms. The predicted molar refractivity (Wildman–Crippen MR) is 107 cm³/mol. The summed E-state index contributed by atoms with van der Waals surface area (Å²) in [6, 6.07) is 9.91. The lowest BCUT2D eigenvalue weighted by atomic mass is 10.1. The van der Waals surface area contributed by atoms with Gasteiger partial charge in [0, 0.05) is 5.03 Å². The molecule has 2 atom stereocenters. The first-order valence-corrected chi connectivity index (χ1v) is 12.0. The molecule has 0 saturated carbocycles.